The van der Waals surface area contributed by atoms with Gasteiger partial charge in [-0.1, -0.05) is 30.3 Å². The Morgan fingerprint density at radius 2 is 1.57 bits per heavy atom. The zero-order chi connectivity index (χ0) is 19.8. The summed E-state index contributed by atoms with van der Waals surface area (Å²) < 4.78 is 21.9. The topological polar surface area (TPSA) is 52.2 Å². The van der Waals surface area contributed by atoms with Crippen LogP contribution in [-0.2, 0) is 11.3 Å². The van der Waals surface area contributed by atoms with Gasteiger partial charge in [0.1, 0.15) is 5.75 Å². The van der Waals surface area contributed by atoms with E-state index in [1.54, 1.807) is 21.3 Å². The van der Waals surface area contributed by atoms with Gasteiger partial charge in [-0.15, -0.1) is 0 Å². The van der Waals surface area contributed by atoms with E-state index in [0.29, 0.717) is 18.0 Å². The van der Waals surface area contributed by atoms with Crippen molar-refractivity contribution in [1.29, 1.82) is 0 Å². The monoisotopic (exact) mass is 386 g/mol. The number of hydrogen-bond acceptors (Lipinski definition) is 6. The Labute approximate surface area is 167 Å². The third-order valence-corrected chi connectivity index (χ3v) is 5.07. The fourth-order valence-corrected chi connectivity index (χ4v) is 3.48. The molecular formula is C22H30N2O4. The molecule has 1 aliphatic rings. The van der Waals surface area contributed by atoms with Crippen molar-refractivity contribution in [2.24, 2.45) is 0 Å². The Morgan fingerprint density at radius 3 is 2.21 bits per heavy atom. The highest BCUT2D eigenvalue weighted by Gasteiger charge is 2.19. The van der Waals surface area contributed by atoms with Crippen LogP contribution in [0.4, 0.5) is 0 Å². The Hall–Kier alpha value is -2.28. The summed E-state index contributed by atoms with van der Waals surface area (Å²) in [6.45, 7) is 5.11. The molecule has 1 unspecified atom stereocenters. The molecule has 0 amide bonds. The van der Waals surface area contributed by atoms with E-state index in [2.05, 4.69) is 34.5 Å². The number of nitrogens with one attached hydrogen (secondary N) is 1. The van der Waals surface area contributed by atoms with Gasteiger partial charge in [-0.3, -0.25) is 4.90 Å². The number of morpholine rings is 1. The molecule has 6 heteroatoms. The third kappa shape index (κ3) is 5.16. The van der Waals surface area contributed by atoms with Gasteiger partial charge in [-0.2, -0.15) is 0 Å². The molecule has 1 aliphatic heterocycles. The van der Waals surface area contributed by atoms with Crippen LogP contribution in [0.15, 0.2) is 42.5 Å². The van der Waals surface area contributed by atoms with Gasteiger partial charge in [0.15, 0.2) is 11.5 Å². The van der Waals surface area contributed by atoms with Crippen molar-refractivity contribution in [2.45, 2.75) is 12.6 Å². The Balaban J connectivity index is 1.77. The maximum absolute atomic E-state index is 5.57. The van der Waals surface area contributed by atoms with Gasteiger partial charge < -0.3 is 24.3 Å². The van der Waals surface area contributed by atoms with E-state index in [1.165, 1.54) is 5.56 Å². The first-order valence-corrected chi connectivity index (χ1v) is 9.62. The molecule has 2 aromatic carbocycles. The highest BCUT2D eigenvalue weighted by Crippen LogP contribution is 2.34. The molecule has 0 aliphatic carbocycles. The van der Waals surface area contributed by atoms with Crippen LogP contribution in [0.25, 0.3) is 0 Å². The first kappa shape index (κ1) is 20.5. The van der Waals surface area contributed by atoms with Crippen molar-refractivity contribution in [1.82, 2.24) is 10.2 Å². The van der Waals surface area contributed by atoms with E-state index in [0.717, 1.165) is 44.2 Å². The van der Waals surface area contributed by atoms with Gasteiger partial charge in [0, 0.05) is 43.9 Å². The van der Waals surface area contributed by atoms with Gasteiger partial charge in [-0.25, -0.2) is 0 Å². The van der Waals surface area contributed by atoms with Gasteiger partial charge in [0.25, 0.3) is 0 Å². The molecule has 0 bridgehead atoms. The lowest BCUT2D eigenvalue weighted by Gasteiger charge is -2.31. The van der Waals surface area contributed by atoms with E-state index in [9.17, 15) is 0 Å². The predicted octanol–water partition coefficient (Wildman–Crippen LogP) is 2.88. The second-order valence-corrected chi connectivity index (χ2v) is 6.78. The molecule has 1 N–H and O–H groups in total. The largest absolute Gasteiger partial charge is 0.496 e. The molecule has 0 saturated carbocycles. The van der Waals surface area contributed by atoms with Crippen LogP contribution in [0.1, 0.15) is 17.2 Å². The average molecular weight is 386 g/mol. The lowest BCUT2D eigenvalue weighted by Crippen LogP contribution is -2.41. The van der Waals surface area contributed by atoms with Crippen molar-refractivity contribution in [3.8, 4) is 17.2 Å². The Morgan fingerprint density at radius 1 is 0.929 bits per heavy atom. The van der Waals surface area contributed by atoms with Crippen molar-refractivity contribution < 1.29 is 18.9 Å². The smallest absolute Gasteiger partial charge is 0.164 e. The molecule has 0 aromatic heterocycles. The van der Waals surface area contributed by atoms with E-state index < -0.39 is 0 Å². The number of rotatable bonds is 9. The summed E-state index contributed by atoms with van der Waals surface area (Å²) in [5, 5.41) is 3.70. The minimum atomic E-state index is 0.206. The summed E-state index contributed by atoms with van der Waals surface area (Å²) >= 11 is 0. The van der Waals surface area contributed by atoms with Crippen LogP contribution in [0.3, 0.4) is 0 Å². The molecule has 1 saturated heterocycles. The van der Waals surface area contributed by atoms with Crippen molar-refractivity contribution in [2.75, 3.05) is 54.2 Å². The summed E-state index contributed by atoms with van der Waals surface area (Å²) in [4.78, 5) is 2.44. The van der Waals surface area contributed by atoms with Gasteiger partial charge >= 0.3 is 0 Å². The van der Waals surface area contributed by atoms with E-state index in [4.69, 9.17) is 18.9 Å². The number of nitrogens with zero attached hydrogens (tertiary/aromatic N) is 1. The maximum Gasteiger partial charge on any atom is 0.164 e. The molecule has 152 valence electrons. The van der Waals surface area contributed by atoms with Crippen molar-refractivity contribution >= 4 is 0 Å². The first-order valence-electron chi connectivity index (χ1n) is 9.62. The number of hydrogen-bond donors (Lipinski definition) is 1. The first-order chi connectivity index (χ1) is 13.7. The van der Waals surface area contributed by atoms with E-state index in [1.807, 2.05) is 18.2 Å². The second-order valence-electron chi connectivity index (χ2n) is 6.78. The Kier molecular flexibility index (Phi) is 7.54. The lowest BCUT2D eigenvalue weighted by atomic mass is 10.1. The van der Waals surface area contributed by atoms with Crippen LogP contribution < -0.4 is 19.5 Å². The zero-order valence-electron chi connectivity index (χ0n) is 16.9. The summed E-state index contributed by atoms with van der Waals surface area (Å²) in [6.07, 6.45) is 0. The molecule has 28 heavy (non-hydrogen) atoms. The molecular weight excluding hydrogens is 356 g/mol. The molecule has 1 atom stereocenters. The van der Waals surface area contributed by atoms with Crippen LogP contribution in [0.5, 0.6) is 17.2 Å². The van der Waals surface area contributed by atoms with Crippen molar-refractivity contribution in [3.63, 3.8) is 0 Å². The molecule has 0 spiro atoms. The molecule has 1 heterocycles. The third-order valence-electron chi connectivity index (χ3n) is 5.07. The number of methoxy groups -OCH3 is 3. The molecule has 2 aromatic rings. The van der Waals surface area contributed by atoms with Gasteiger partial charge in [0.2, 0.25) is 0 Å². The lowest BCUT2D eigenvalue weighted by molar-refractivity contribution is 0.0333. The van der Waals surface area contributed by atoms with Gasteiger partial charge in [0.05, 0.1) is 34.5 Å². The minimum absolute atomic E-state index is 0.206. The van der Waals surface area contributed by atoms with Crippen LogP contribution in [0, 0.1) is 0 Å². The minimum Gasteiger partial charge on any atom is -0.496 e. The normalized spacial score (nSPS) is 15.8. The van der Waals surface area contributed by atoms with E-state index in [-0.39, 0.29) is 6.04 Å². The average Bonchev–Trinajstić information content (AvgIpc) is 2.77. The second kappa shape index (κ2) is 10.3. The molecule has 6 nitrogen and oxygen atoms in total. The number of ether oxygens (including phenoxy) is 4. The Bertz CT molecular complexity index is 733. The maximum atomic E-state index is 5.57. The highest BCUT2D eigenvalue weighted by molar-refractivity contribution is 5.50. The summed E-state index contributed by atoms with van der Waals surface area (Å²) in [6, 6.07) is 14.6. The van der Waals surface area contributed by atoms with Gasteiger partial charge in [-0.05, 0) is 11.6 Å². The summed E-state index contributed by atoms with van der Waals surface area (Å²) in [7, 11) is 4.95. The quantitative estimate of drug-likeness (QED) is 0.715. The van der Waals surface area contributed by atoms with Crippen LogP contribution >= 0.6 is 0 Å². The van der Waals surface area contributed by atoms with E-state index >= 15 is 0 Å². The van der Waals surface area contributed by atoms with Crippen LogP contribution in [-0.4, -0.2) is 59.1 Å². The molecule has 3 rings (SSSR count). The molecule has 0 radical (unpaired) electrons. The summed E-state index contributed by atoms with van der Waals surface area (Å²) in [5.41, 5.74) is 2.30. The zero-order valence-corrected chi connectivity index (χ0v) is 16.9. The fourth-order valence-electron chi connectivity index (χ4n) is 3.48. The standard InChI is InChI=1S/C22H30N2O4/c1-25-20-14-22(27-3)21(26-2)13-18(20)15-23-19(17-7-5-4-6-8-17)16-24-9-11-28-12-10-24/h4-8,13-14,19,23H,9-12,15-16H2,1-3H3. The summed E-state index contributed by atoms with van der Waals surface area (Å²) in [5.74, 6) is 2.14. The predicted molar refractivity (Wildman–Crippen MR) is 109 cm³/mol. The van der Waals surface area contributed by atoms with Crippen molar-refractivity contribution in [3.05, 3.63) is 53.6 Å². The fraction of sp³-hybridized carbons (Fsp3) is 0.455. The molecule has 1 fully saturated rings. The van der Waals surface area contributed by atoms with Crippen LogP contribution in [0.2, 0.25) is 0 Å². The number of benzene rings is 2. The SMILES string of the molecule is COc1cc(OC)c(OC)cc1CNC(CN1CCOCC1)c1ccccc1. The highest BCUT2D eigenvalue weighted by atomic mass is 16.5.